The molecule has 2 saturated carbocycles. The van der Waals surface area contributed by atoms with Gasteiger partial charge in [0.05, 0.1) is 0 Å². The van der Waals surface area contributed by atoms with Gasteiger partial charge in [0.2, 0.25) is 0 Å². The van der Waals surface area contributed by atoms with E-state index in [4.69, 9.17) is 5.11 Å². The Labute approximate surface area is 68.8 Å². The van der Waals surface area contributed by atoms with Crippen LogP contribution in [0.1, 0.15) is 39.0 Å². The third kappa shape index (κ3) is 1.01. The fourth-order valence-corrected chi connectivity index (χ4v) is 3.03. The van der Waals surface area contributed by atoms with Crippen LogP contribution in [0.4, 0.5) is 0 Å². The first-order valence-corrected chi connectivity index (χ1v) is 4.93. The second-order valence-corrected chi connectivity index (χ2v) is 4.37. The molecule has 1 nitrogen and oxygen atoms in total. The van der Waals surface area contributed by atoms with Crippen LogP contribution in [0.5, 0.6) is 0 Å². The van der Waals surface area contributed by atoms with E-state index in [9.17, 15) is 0 Å². The zero-order chi connectivity index (χ0) is 7.90. The van der Waals surface area contributed by atoms with E-state index in [1.54, 1.807) is 0 Å². The van der Waals surface area contributed by atoms with Gasteiger partial charge in [-0.25, -0.2) is 0 Å². The number of rotatable bonds is 4. The van der Waals surface area contributed by atoms with Crippen molar-refractivity contribution in [3.63, 3.8) is 0 Å². The Bertz CT molecular complexity index is 151. The molecule has 0 amide bonds. The molecule has 0 aliphatic heterocycles. The van der Waals surface area contributed by atoms with Crippen molar-refractivity contribution in [3.05, 3.63) is 0 Å². The molecule has 0 heterocycles. The van der Waals surface area contributed by atoms with Gasteiger partial charge in [-0.05, 0) is 42.9 Å². The molecule has 1 heteroatoms. The summed E-state index contributed by atoms with van der Waals surface area (Å²) in [6.45, 7) is 2.70. The third-order valence-corrected chi connectivity index (χ3v) is 3.85. The van der Waals surface area contributed by atoms with Gasteiger partial charge >= 0.3 is 0 Å². The smallest absolute Gasteiger partial charge is 0.0431 e. The highest BCUT2D eigenvalue weighted by Crippen LogP contribution is 2.73. The van der Waals surface area contributed by atoms with Crippen LogP contribution < -0.4 is 0 Å². The van der Waals surface area contributed by atoms with E-state index in [0.717, 1.165) is 23.7 Å². The standard InChI is InChI=1S/C10H18O/c1-2-8-6-10(4-3-5-11)7-9(8)10/h8-9,11H,2-7H2,1H3/t8?,9?,10-/m0/s1. The minimum absolute atomic E-state index is 0.394. The average molecular weight is 154 g/mol. The second kappa shape index (κ2) is 2.48. The van der Waals surface area contributed by atoms with Crippen LogP contribution in [0, 0.1) is 17.3 Å². The highest BCUT2D eigenvalue weighted by molar-refractivity contribution is 5.14. The lowest BCUT2D eigenvalue weighted by Crippen LogP contribution is -2.25. The number of hydrogen-bond acceptors (Lipinski definition) is 1. The quantitative estimate of drug-likeness (QED) is 0.658. The summed E-state index contributed by atoms with van der Waals surface area (Å²) in [6, 6.07) is 0. The first-order chi connectivity index (χ1) is 5.32. The molecular formula is C10H18O. The van der Waals surface area contributed by atoms with Crippen LogP contribution in [0.3, 0.4) is 0 Å². The molecule has 0 aromatic carbocycles. The topological polar surface area (TPSA) is 20.2 Å². The zero-order valence-corrected chi connectivity index (χ0v) is 7.34. The maximum atomic E-state index is 8.69. The molecule has 0 bridgehead atoms. The van der Waals surface area contributed by atoms with Gasteiger partial charge in [-0.15, -0.1) is 0 Å². The molecule has 1 N–H and O–H groups in total. The van der Waals surface area contributed by atoms with Crippen molar-refractivity contribution in [1.29, 1.82) is 0 Å². The Balaban J connectivity index is 1.75. The van der Waals surface area contributed by atoms with Gasteiger partial charge in [-0.1, -0.05) is 13.3 Å². The summed E-state index contributed by atoms with van der Waals surface area (Å²) in [7, 11) is 0. The molecule has 0 aromatic rings. The third-order valence-electron chi connectivity index (χ3n) is 3.85. The summed E-state index contributed by atoms with van der Waals surface area (Å²) in [5, 5.41) is 8.69. The molecule has 2 unspecified atom stereocenters. The van der Waals surface area contributed by atoms with Crippen molar-refractivity contribution in [2.45, 2.75) is 39.0 Å². The monoisotopic (exact) mass is 154 g/mol. The summed E-state index contributed by atoms with van der Waals surface area (Å²) in [4.78, 5) is 0. The van der Waals surface area contributed by atoms with Crippen molar-refractivity contribution < 1.29 is 5.11 Å². The van der Waals surface area contributed by atoms with Gasteiger partial charge in [0.25, 0.3) is 0 Å². The molecule has 0 aromatic heterocycles. The summed E-state index contributed by atoms with van der Waals surface area (Å²) >= 11 is 0. The van der Waals surface area contributed by atoms with Gasteiger partial charge in [0.1, 0.15) is 0 Å². The molecule has 0 saturated heterocycles. The largest absolute Gasteiger partial charge is 0.396 e. The lowest BCUT2D eigenvalue weighted by atomic mass is 9.71. The van der Waals surface area contributed by atoms with Crippen molar-refractivity contribution in [2.24, 2.45) is 17.3 Å². The molecule has 3 atom stereocenters. The molecule has 11 heavy (non-hydrogen) atoms. The molecule has 64 valence electrons. The molecule has 0 radical (unpaired) electrons. The van der Waals surface area contributed by atoms with E-state index >= 15 is 0 Å². The van der Waals surface area contributed by atoms with E-state index in [1.807, 2.05) is 0 Å². The highest BCUT2D eigenvalue weighted by atomic mass is 16.2. The zero-order valence-electron chi connectivity index (χ0n) is 7.34. The Kier molecular flexibility index (Phi) is 1.71. The van der Waals surface area contributed by atoms with Gasteiger partial charge < -0.3 is 5.11 Å². The van der Waals surface area contributed by atoms with Crippen LogP contribution >= 0.6 is 0 Å². The second-order valence-electron chi connectivity index (χ2n) is 4.37. The van der Waals surface area contributed by atoms with Crippen LogP contribution in [0.2, 0.25) is 0 Å². The molecule has 2 rings (SSSR count). The van der Waals surface area contributed by atoms with Gasteiger partial charge in [0.15, 0.2) is 0 Å². The van der Waals surface area contributed by atoms with Crippen LogP contribution in [0.15, 0.2) is 0 Å². The van der Waals surface area contributed by atoms with Gasteiger partial charge in [0, 0.05) is 6.61 Å². The van der Waals surface area contributed by atoms with Gasteiger partial charge in [-0.2, -0.15) is 0 Å². The first kappa shape index (κ1) is 7.60. The van der Waals surface area contributed by atoms with Crippen LogP contribution in [-0.4, -0.2) is 11.7 Å². The Morgan fingerprint density at radius 3 is 2.82 bits per heavy atom. The maximum Gasteiger partial charge on any atom is 0.0431 e. The summed E-state index contributed by atoms with van der Waals surface area (Å²) in [6.07, 6.45) is 6.66. The van der Waals surface area contributed by atoms with Crippen molar-refractivity contribution in [1.82, 2.24) is 0 Å². The molecule has 0 spiro atoms. The number of aliphatic hydroxyl groups excluding tert-OH is 1. The van der Waals surface area contributed by atoms with Crippen LogP contribution in [0.25, 0.3) is 0 Å². The molecular weight excluding hydrogens is 136 g/mol. The predicted molar refractivity (Wildman–Crippen MR) is 45.3 cm³/mol. The molecule has 2 aliphatic rings. The van der Waals surface area contributed by atoms with Gasteiger partial charge in [-0.3, -0.25) is 0 Å². The summed E-state index contributed by atoms with van der Waals surface area (Å²) < 4.78 is 0. The number of aliphatic hydroxyl groups is 1. The van der Waals surface area contributed by atoms with E-state index in [1.165, 1.54) is 25.7 Å². The SMILES string of the molecule is CCC1C[C@@]2(CCCO)CC12. The predicted octanol–water partition coefficient (Wildman–Crippen LogP) is 2.20. The highest BCUT2D eigenvalue weighted by Gasteiger charge is 2.64. The van der Waals surface area contributed by atoms with E-state index in [-0.39, 0.29) is 0 Å². The Morgan fingerprint density at radius 2 is 2.27 bits per heavy atom. The van der Waals surface area contributed by atoms with Crippen molar-refractivity contribution in [2.75, 3.05) is 6.61 Å². The Hall–Kier alpha value is -0.0400. The number of hydrogen-bond donors (Lipinski definition) is 1. The molecule has 2 fully saturated rings. The van der Waals surface area contributed by atoms with Crippen molar-refractivity contribution in [3.8, 4) is 0 Å². The molecule has 2 aliphatic carbocycles. The number of fused-ring (bicyclic) bond motifs is 1. The minimum atomic E-state index is 0.394. The fraction of sp³-hybridized carbons (Fsp3) is 1.00. The first-order valence-electron chi connectivity index (χ1n) is 4.93. The van der Waals surface area contributed by atoms with Crippen molar-refractivity contribution >= 4 is 0 Å². The fourth-order valence-electron chi connectivity index (χ4n) is 3.03. The normalized spacial score (nSPS) is 46.4. The summed E-state index contributed by atoms with van der Waals surface area (Å²) in [5.41, 5.74) is 0.753. The minimum Gasteiger partial charge on any atom is -0.396 e. The van der Waals surface area contributed by atoms with E-state index < -0.39 is 0 Å². The Morgan fingerprint density at radius 1 is 1.45 bits per heavy atom. The van der Waals surface area contributed by atoms with E-state index in [0.29, 0.717) is 6.61 Å². The maximum absolute atomic E-state index is 8.69. The lowest BCUT2D eigenvalue weighted by Gasteiger charge is -2.34. The average Bonchev–Trinajstić information content (AvgIpc) is 2.56. The summed E-state index contributed by atoms with van der Waals surface area (Å²) in [5.74, 6) is 2.12. The van der Waals surface area contributed by atoms with E-state index in [2.05, 4.69) is 6.92 Å². The lowest BCUT2D eigenvalue weighted by molar-refractivity contribution is 0.147. The van der Waals surface area contributed by atoms with Crippen LogP contribution in [-0.2, 0) is 0 Å².